The molecule has 6 nitrogen and oxygen atoms in total. The predicted octanol–water partition coefficient (Wildman–Crippen LogP) is 0.377. The van der Waals surface area contributed by atoms with E-state index in [0.29, 0.717) is 18.5 Å². The normalized spacial score (nSPS) is 11.5. The highest BCUT2D eigenvalue weighted by atomic mass is 16.5. The minimum Gasteiger partial charge on any atom is -0.466 e. The van der Waals surface area contributed by atoms with Crippen molar-refractivity contribution in [1.29, 1.82) is 0 Å². The second kappa shape index (κ2) is 7.56. The number of carbonyl (C=O) groups excluding carboxylic acids is 1. The summed E-state index contributed by atoms with van der Waals surface area (Å²) in [6, 6.07) is 0. The number of rotatable bonds is 7. The molecule has 17 heavy (non-hydrogen) atoms. The largest absolute Gasteiger partial charge is 0.466 e. The van der Waals surface area contributed by atoms with Gasteiger partial charge in [-0.2, -0.15) is 0 Å². The maximum Gasteiger partial charge on any atom is 0.333 e. The van der Waals surface area contributed by atoms with Gasteiger partial charge in [-0.3, -0.25) is 4.68 Å². The van der Waals surface area contributed by atoms with Crippen molar-refractivity contribution in [3.05, 3.63) is 24.0 Å². The van der Waals surface area contributed by atoms with Crippen molar-refractivity contribution in [2.24, 2.45) is 0 Å². The van der Waals surface area contributed by atoms with Gasteiger partial charge in [0.25, 0.3) is 0 Å². The van der Waals surface area contributed by atoms with Gasteiger partial charge in [0.15, 0.2) is 0 Å². The maximum atomic E-state index is 11.3. The van der Waals surface area contributed by atoms with Crippen LogP contribution in [0.4, 0.5) is 0 Å². The monoisotopic (exact) mass is 238 g/mol. The van der Waals surface area contributed by atoms with Crippen LogP contribution in [0.5, 0.6) is 0 Å². The van der Waals surface area contributed by atoms with Crippen molar-refractivity contribution in [3.8, 4) is 0 Å². The van der Waals surface area contributed by atoms with E-state index in [2.05, 4.69) is 20.4 Å². The Kier molecular flexibility index (Phi) is 5.95. The zero-order chi connectivity index (χ0) is 12.5. The predicted molar refractivity (Wildman–Crippen MR) is 63.3 cm³/mol. The summed E-state index contributed by atoms with van der Waals surface area (Å²) in [5.41, 5.74) is 0.695. The summed E-state index contributed by atoms with van der Waals surface area (Å²) < 4.78 is 6.41. The first-order valence-corrected chi connectivity index (χ1v) is 5.60. The lowest BCUT2D eigenvalue weighted by Crippen LogP contribution is -2.21. The van der Waals surface area contributed by atoms with E-state index < -0.39 is 0 Å². The third-order valence-electron chi connectivity index (χ3n) is 2.31. The van der Waals surface area contributed by atoms with Crippen LogP contribution in [0, 0.1) is 0 Å². The lowest BCUT2D eigenvalue weighted by atomic mass is 10.2. The summed E-state index contributed by atoms with van der Waals surface area (Å²) >= 11 is 0. The number of methoxy groups -OCH3 is 1. The van der Waals surface area contributed by atoms with Crippen LogP contribution in [0.2, 0.25) is 0 Å². The Morgan fingerprint density at radius 1 is 1.59 bits per heavy atom. The van der Waals surface area contributed by atoms with E-state index in [1.54, 1.807) is 10.9 Å². The molecule has 1 aromatic rings. The van der Waals surface area contributed by atoms with Crippen molar-refractivity contribution in [2.45, 2.75) is 19.9 Å². The summed E-state index contributed by atoms with van der Waals surface area (Å²) in [7, 11) is 1.39. The molecule has 0 fully saturated rings. The molecule has 0 aliphatic rings. The molecule has 0 amide bonds. The molecule has 94 valence electrons. The molecule has 0 unspecified atom stereocenters. The van der Waals surface area contributed by atoms with Crippen LogP contribution in [-0.2, 0) is 16.1 Å². The number of nitrogens with zero attached hydrogens (tertiary/aromatic N) is 3. The Labute approximate surface area is 101 Å². The molecule has 0 aliphatic carbocycles. The maximum absolute atomic E-state index is 11.3. The number of nitrogens with one attached hydrogen (secondary N) is 1. The molecule has 1 aromatic heterocycles. The topological polar surface area (TPSA) is 69.0 Å². The third-order valence-corrected chi connectivity index (χ3v) is 2.31. The summed E-state index contributed by atoms with van der Waals surface area (Å²) in [5, 5.41) is 10.7. The van der Waals surface area contributed by atoms with E-state index in [1.165, 1.54) is 7.11 Å². The van der Waals surface area contributed by atoms with E-state index in [0.717, 1.165) is 13.1 Å². The van der Waals surface area contributed by atoms with E-state index in [4.69, 9.17) is 0 Å². The van der Waals surface area contributed by atoms with Gasteiger partial charge in [0.05, 0.1) is 19.9 Å². The lowest BCUT2D eigenvalue weighted by Gasteiger charge is -2.04. The molecule has 0 radical (unpaired) electrons. The number of ether oxygens (including phenoxy) is 1. The van der Waals surface area contributed by atoms with E-state index >= 15 is 0 Å². The Bertz CT molecular complexity index is 360. The van der Waals surface area contributed by atoms with Gasteiger partial charge in [-0.25, -0.2) is 4.79 Å². The highest BCUT2D eigenvalue weighted by molar-refractivity contribution is 5.88. The molecule has 6 heteroatoms. The molecule has 0 bridgehead atoms. The summed E-state index contributed by atoms with van der Waals surface area (Å²) in [6.45, 7) is 4.11. The van der Waals surface area contributed by atoms with Gasteiger partial charge in [0.2, 0.25) is 0 Å². The quantitative estimate of drug-likeness (QED) is 0.422. The Morgan fingerprint density at radius 3 is 3.00 bits per heavy atom. The highest BCUT2D eigenvalue weighted by Crippen LogP contribution is 2.01. The molecule has 1 heterocycles. The van der Waals surface area contributed by atoms with Crippen LogP contribution in [0.1, 0.15) is 13.3 Å². The molecule has 1 N–H and O–H groups in total. The number of carbonyl (C=O) groups is 1. The molecule has 0 aliphatic heterocycles. The SMILES string of the molecule is CC/C(=C/CNCCn1ccnn1)C(=O)OC. The lowest BCUT2D eigenvalue weighted by molar-refractivity contribution is -0.136. The third kappa shape index (κ3) is 4.78. The first-order chi connectivity index (χ1) is 8.27. The molecular weight excluding hydrogens is 220 g/mol. The summed E-state index contributed by atoms with van der Waals surface area (Å²) in [6.07, 6.45) is 5.99. The standard InChI is InChI=1S/C11H18N4O2/c1-3-10(11(16)17-2)4-5-12-6-8-15-9-7-13-14-15/h4,7,9,12H,3,5-6,8H2,1-2H3/b10-4-. The first-order valence-electron chi connectivity index (χ1n) is 5.60. The molecule has 0 spiro atoms. The fourth-order valence-corrected chi connectivity index (χ4v) is 1.35. The van der Waals surface area contributed by atoms with Crippen molar-refractivity contribution >= 4 is 5.97 Å². The Morgan fingerprint density at radius 2 is 2.41 bits per heavy atom. The second-order valence-electron chi connectivity index (χ2n) is 3.44. The second-order valence-corrected chi connectivity index (χ2v) is 3.44. The smallest absolute Gasteiger partial charge is 0.333 e. The van der Waals surface area contributed by atoms with Crippen LogP contribution < -0.4 is 5.32 Å². The fraction of sp³-hybridized carbons (Fsp3) is 0.545. The van der Waals surface area contributed by atoms with Crippen LogP contribution in [-0.4, -0.2) is 41.2 Å². The molecule has 0 saturated heterocycles. The van der Waals surface area contributed by atoms with Gasteiger partial charge in [-0.15, -0.1) is 5.10 Å². The van der Waals surface area contributed by atoms with Crippen LogP contribution in [0.3, 0.4) is 0 Å². The van der Waals surface area contributed by atoms with Gasteiger partial charge in [0.1, 0.15) is 0 Å². The van der Waals surface area contributed by atoms with E-state index in [1.807, 2.05) is 19.2 Å². The zero-order valence-corrected chi connectivity index (χ0v) is 10.2. The molecule has 0 aromatic carbocycles. The van der Waals surface area contributed by atoms with E-state index in [-0.39, 0.29) is 5.97 Å². The number of esters is 1. The fourth-order valence-electron chi connectivity index (χ4n) is 1.35. The highest BCUT2D eigenvalue weighted by Gasteiger charge is 2.05. The van der Waals surface area contributed by atoms with Crippen molar-refractivity contribution in [1.82, 2.24) is 20.3 Å². The first kappa shape index (κ1) is 13.4. The Hall–Kier alpha value is -1.69. The van der Waals surface area contributed by atoms with Crippen molar-refractivity contribution < 1.29 is 9.53 Å². The van der Waals surface area contributed by atoms with Crippen molar-refractivity contribution in [2.75, 3.05) is 20.2 Å². The molecular formula is C11H18N4O2. The number of hydrogen-bond acceptors (Lipinski definition) is 5. The summed E-state index contributed by atoms with van der Waals surface area (Å²) in [4.78, 5) is 11.3. The van der Waals surface area contributed by atoms with Gasteiger partial charge in [-0.1, -0.05) is 18.2 Å². The van der Waals surface area contributed by atoms with Crippen LogP contribution in [0.15, 0.2) is 24.0 Å². The number of hydrogen-bond donors (Lipinski definition) is 1. The van der Waals surface area contributed by atoms with Gasteiger partial charge >= 0.3 is 5.97 Å². The van der Waals surface area contributed by atoms with Crippen molar-refractivity contribution in [3.63, 3.8) is 0 Å². The minimum absolute atomic E-state index is 0.259. The van der Waals surface area contributed by atoms with Crippen LogP contribution >= 0.6 is 0 Å². The summed E-state index contributed by atoms with van der Waals surface area (Å²) in [5.74, 6) is -0.259. The zero-order valence-electron chi connectivity index (χ0n) is 10.2. The Balaban J connectivity index is 2.21. The van der Waals surface area contributed by atoms with Crippen LogP contribution in [0.25, 0.3) is 0 Å². The average Bonchev–Trinajstić information content (AvgIpc) is 2.86. The van der Waals surface area contributed by atoms with Gasteiger partial charge in [-0.05, 0) is 6.42 Å². The molecule has 0 saturated carbocycles. The van der Waals surface area contributed by atoms with E-state index in [9.17, 15) is 4.79 Å². The number of aromatic nitrogens is 3. The van der Waals surface area contributed by atoms with Gasteiger partial charge in [0, 0.05) is 24.9 Å². The molecule has 0 atom stereocenters. The average molecular weight is 238 g/mol. The molecule has 1 rings (SSSR count). The van der Waals surface area contributed by atoms with Gasteiger partial charge < -0.3 is 10.1 Å². The minimum atomic E-state index is -0.259.